The second-order valence-electron chi connectivity index (χ2n) is 6.04. The lowest BCUT2D eigenvalue weighted by molar-refractivity contribution is -0.140. The van der Waals surface area contributed by atoms with Crippen LogP contribution in [0.1, 0.15) is 30.5 Å². The van der Waals surface area contributed by atoms with E-state index < -0.39 is 0 Å². The van der Waals surface area contributed by atoms with Crippen molar-refractivity contribution in [2.24, 2.45) is 0 Å². The summed E-state index contributed by atoms with van der Waals surface area (Å²) in [5.41, 5.74) is 1.84. The first kappa shape index (κ1) is 15.5. The van der Waals surface area contributed by atoms with Gasteiger partial charge in [0.1, 0.15) is 6.04 Å². The smallest absolute Gasteiger partial charge is 0.249 e. The van der Waals surface area contributed by atoms with Crippen molar-refractivity contribution in [3.8, 4) is 11.4 Å². The minimum absolute atomic E-state index is 0.0762. The van der Waals surface area contributed by atoms with Crippen LogP contribution < -0.4 is 0 Å². The molecule has 1 atom stereocenters. The van der Waals surface area contributed by atoms with E-state index in [0.717, 1.165) is 17.7 Å². The van der Waals surface area contributed by atoms with Crippen LogP contribution in [0.4, 0.5) is 0 Å². The number of nitrogens with zero attached hydrogens (tertiary/aromatic N) is 6. The van der Waals surface area contributed by atoms with Crippen LogP contribution >= 0.6 is 0 Å². The summed E-state index contributed by atoms with van der Waals surface area (Å²) in [5.74, 6) is 1.05. The Labute approximate surface area is 144 Å². The molecule has 0 N–H and O–H groups in total. The van der Waals surface area contributed by atoms with Crippen LogP contribution in [-0.4, -0.2) is 42.3 Å². The third-order valence-corrected chi connectivity index (χ3v) is 4.45. The Morgan fingerprint density at radius 3 is 2.96 bits per heavy atom. The molecule has 0 radical (unpaired) electrons. The van der Waals surface area contributed by atoms with Crippen LogP contribution in [-0.2, 0) is 11.3 Å². The summed E-state index contributed by atoms with van der Waals surface area (Å²) >= 11 is 0. The van der Waals surface area contributed by atoms with Crippen LogP contribution in [0.15, 0.2) is 41.3 Å². The molecule has 1 unspecified atom stereocenters. The van der Waals surface area contributed by atoms with Gasteiger partial charge >= 0.3 is 0 Å². The molecule has 0 aliphatic carbocycles. The molecule has 1 fully saturated rings. The molecule has 3 aromatic rings. The Balaban J connectivity index is 1.41. The van der Waals surface area contributed by atoms with Crippen molar-refractivity contribution in [1.82, 2.24) is 29.8 Å². The summed E-state index contributed by atoms with van der Waals surface area (Å²) in [6, 6.07) is 5.48. The Hall–Kier alpha value is -3.03. The van der Waals surface area contributed by atoms with Gasteiger partial charge in [-0.05, 0) is 31.5 Å². The van der Waals surface area contributed by atoms with Crippen LogP contribution in [0.25, 0.3) is 11.4 Å². The molecule has 25 heavy (non-hydrogen) atoms. The van der Waals surface area contributed by atoms with E-state index in [-0.39, 0.29) is 11.9 Å². The molecule has 1 aliphatic rings. The number of amides is 1. The van der Waals surface area contributed by atoms with Gasteiger partial charge in [0, 0.05) is 49.4 Å². The zero-order valence-electron chi connectivity index (χ0n) is 13.9. The molecule has 8 heteroatoms. The van der Waals surface area contributed by atoms with Crippen molar-refractivity contribution in [3.63, 3.8) is 0 Å². The van der Waals surface area contributed by atoms with E-state index in [1.807, 2.05) is 29.8 Å². The number of aromatic nitrogens is 5. The molecule has 4 rings (SSSR count). The third kappa shape index (κ3) is 3.02. The fraction of sp³-hybridized carbons (Fsp3) is 0.353. The summed E-state index contributed by atoms with van der Waals surface area (Å²) in [6.07, 6.45) is 6.36. The number of hydrogen-bond donors (Lipinski definition) is 0. The molecular formula is C17H18N6O2. The second-order valence-corrected chi connectivity index (χ2v) is 6.04. The van der Waals surface area contributed by atoms with Crippen molar-refractivity contribution in [3.05, 3.63) is 48.4 Å². The SMILES string of the molecule is Cc1ccnn1CCC(=O)N1CCC1c1nc(-c2cccnc2)no1. The van der Waals surface area contributed by atoms with Crippen LogP contribution in [0.5, 0.6) is 0 Å². The van der Waals surface area contributed by atoms with Gasteiger partial charge in [0.25, 0.3) is 0 Å². The highest BCUT2D eigenvalue weighted by molar-refractivity contribution is 5.77. The predicted molar refractivity (Wildman–Crippen MR) is 88.2 cm³/mol. The Bertz CT molecular complexity index is 872. The number of likely N-dealkylation sites (tertiary alicyclic amines) is 1. The fourth-order valence-electron chi connectivity index (χ4n) is 2.90. The highest BCUT2D eigenvalue weighted by Crippen LogP contribution is 2.33. The van der Waals surface area contributed by atoms with E-state index in [4.69, 9.17) is 4.52 Å². The number of carbonyl (C=O) groups is 1. The van der Waals surface area contributed by atoms with Crippen molar-refractivity contribution < 1.29 is 9.32 Å². The molecule has 128 valence electrons. The zero-order valence-corrected chi connectivity index (χ0v) is 13.9. The third-order valence-electron chi connectivity index (χ3n) is 4.45. The Morgan fingerprint density at radius 1 is 1.36 bits per heavy atom. The molecule has 0 saturated carbocycles. The lowest BCUT2D eigenvalue weighted by Gasteiger charge is -2.38. The Morgan fingerprint density at radius 2 is 2.28 bits per heavy atom. The average molecular weight is 338 g/mol. The van der Waals surface area contributed by atoms with Crippen molar-refractivity contribution >= 4 is 5.91 Å². The standard InChI is InChI=1S/C17H18N6O2/c1-12-4-8-19-23(12)10-6-15(24)22-9-5-14(22)17-20-16(21-25-17)13-3-2-7-18-11-13/h2-4,7-8,11,14H,5-6,9-10H2,1H3. The van der Waals surface area contributed by atoms with Gasteiger partial charge in [0.15, 0.2) is 0 Å². The molecule has 3 aromatic heterocycles. The maximum absolute atomic E-state index is 12.5. The van der Waals surface area contributed by atoms with E-state index in [0.29, 0.717) is 31.2 Å². The van der Waals surface area contributed by atoms with Crippen LogP contribution in [0, 0.1) is 6.92 Å². The maximum Gasteiger partial charge on any atom is 0.249 e. The first-order valence-corrected chi connectivity index (χ1v) is 8.24. The monoisotopic (exact) mass is 338 g/mol. The first-order valence-electron chi connectivity index (χ1n) is 8.24. The summed E-state index contributed by atoms with van der Waals surface area (Å²) in [5, 5.41) is 8.21. The van der Waals surface area contributed by atoms with Crippen molar-refractivity contribution in [1.29, 1.82) is 0 Å². The van der Waals surface area contributed by atoms with Gasteiger partial charge in [-0.25, -0.2) is 0 Å². The van der Waals surface area contributed by atoms with E-state index >= 15 is 0 Å². The van der Waals surface area contributed by atoms with Gasteiger partial charge in [0.05, 0.1) is 0 Å². The zero-order chi connectivity index (χ0) is 17.2. The van der Waals surface area contributed by atoms with Gasteiger partial charge < -0.3 is 9.42 Å². The number of hydrogen-bond acceptors (Lipinski definition) is 6. The lowest BCUT2D eigenvalue weighted by Crippen LogP contribution is -2.45. The van der Waals surface area contributed by atoms with Crippen molar-refractivity contribution in [2.45, 2.75) is 32.4 Å². The quantitative estimate of drug-likeness (QED) is 0.707. The minimum Gasteiger partial charge on any atom is -0.337 e. The molecule has 8 nitrogen and oxygen atoms in total. The summed E-state index contributed by atoms with van der Waals surface area (Å²) in [7, 11) is 0. The van der Waals surface area contributed by atoms with Crippen molar-refractivity contribution in [2.75, 3.05) is 6.54 Å². The predicted octanol–water partition coefficient (Wildman–Crippen LogP) is 2.00. The molecule has 4 heterocycles. The second kappa shape index (κ2) is 6.46. The first-order chi connectivity index (χ1) is 12.2. The van der Waals surface area contributed by atoms with E-state index in [2.05, 4.69) is 20.2 Å². The fourth-order valence-corrected chi connectivity index (χ4v) is 2.90. The average Bonchev–Trinajstić information content (AvgIpc) is 3.22. The van der Waals surface area contributed by atoms with E-state index in [9.17, 15) is 4.79 Å². The van der Waals surface area contributed by atoms with Gasteiger partial charge in [-0.2, -0.15) is 10.1 Å². The van der Waals surface area contributed by atoms with Gasteiger partial charge in [-0.3, -0.25) is 14.5 Å². The molecule has 1 saturated heterocycles. The number of aryl methyl sites for hydroxylation is 2. The van der Waals surface area contributed by atoms with Crippen LogP contribution in [0.2, 0.25) is 0 Å². The number of carbonyl (C=O) groups excluding carboxylic acids is 1. The summed E-state index contributed by atoms with van der Waals surface area (Å²) in [4.78, 5) is 22.8. The largest absolute Gasteiger partial charge is 0.337 e. The Kier molecular flexibility index (Phi) is 4.01. The van der Waals surface area contributed by atoms with Gasteiger partial charge in [-0.1, -0.05) is 5.16 Å². The molecule has 1 aliphatic heterocycles. The topological polar surface area (TPSA) is 89.9 Å². The maximum atomic E-state index is 12.5. The normalized spacial score (nSPS) is 16.7. The number of pyridine rings is 1. The minimum atomic E-state index is -0.135. The van der Waals surface area contributed by atoms with E-state index in [1.165, 1.54) is 0 Å². The molecular weight excluding hydrogens is 320 g/mol. The molecule has 0 aromatic carbocycles. The highest BCUT2D eigenvalue weighted by atomic mass is 16.5. The highest BCUT2D eigenvalue weighted by Gasteiger charge is 2.37. The van der Waals surface area contributed by atoms with Gasteiger partial charge in [0.2, 0.25) is 17.6 Å². The van der Waals surface area contributed by atoms with Crippen LogP contribution in [0.3, 0.4) is 0 Å². The molecule has 1 amide bonds. The number of rotatable bonds is 5. The lowest BCUT2D eigenvalue weighted by atomic mass is 10.0. The summed E-state index contributed by atoms with van der Waals surface area (Å²) in [6.45, 7) is 3.26. The molecule has 0 spiro atoms. The van der Waals surface area contributed by atoms with Gasteiger partial charge in [-0.15, -0.1) is 0 Å². The van der Waals surface area contributed by atoms with E-state index in [1.54, 1.807) is 23.5 Å². The summed E-state index contributed by atoms with van der Waals surface area (Å²) < 4.78 is 7.21. The molecule has 0 bridgehead atoms.